The number of thiophene rings is 1. The fourth-order valence-electron chi connectivity index (χ4n) is 4.10. The first kappa shape index (κ1) is 15.2. The van der Waals surface area contributed by atoms with E-state index in [2.05, 4.69) is 67.3 Å². The van der Waals surface area contributed by atoms with Crippen LogP contribution < -0.4 is 16.4 Å². The average Bonchev–Trinajstić information content (AvgIpc) is 3.18. The minimum absolute atomic E-state index is 1.02. The van der Waals surface area contributed by atoms with Crippen molar-refractivity contribution in [3.63, 3.8) is 0 Å². The van der Waals surface area contributed by atoms with Gasteiger partial charge in [-0.3, -0.25) is 4.68 Å². The normalized spacial score (nSPS) is 13.6. The van der Waals surface area contributed by atoms with Crippen LogP contribution in [-0.2, 0) is 0 Å². The highest BCUT2D eigenvalue weighted by Gasteiger charge is 2.18. The standard InChI is InChI=1S/C23H18N2S/c1-3-9-16-18(4-2)25(24)22-20(16)14-10-5-6-11-15(14)21-17-12-7-8-13-19(17)26-23(21)22/h3-13H,1,24H2,2H3/b16-9+,18-4+. The molecule has 3 aromatic carbocycles. The molecule has 5 rings (SSSR count). The Morgan fingerprint density at radius 2 is 1.62 bits per heavy atom. The fourth-order valence-corrected chi connectivity index (χ4v) is 5.37. The van der Waals surface area contributed by atoms with Crippen molar-refractivity contribution in [2.75, 3.05) is 5.84 Å². The van der Waals surface area contributed by atoms with Crippen LogP contribution in [0.5, 0.6) is 0 Å². The van der Waals surface area contributed by atoms with Gasteiger partial charge in [0.05, 0.1) is 15.6 Å². The Hall–Kier alpha value is -3.04. The lowest BCUT2D eigenvalue weighted by Crippen LogP contribution is -2.33. The van der Waals surface area contributed by atoms with Crippen molar-refractivity contribution in [1.82, 2.24) is 4.68 Å². The van der Waals surface area contributed by atoms with Crippen molar-refractivity contribution in [1.29, 1.82) is 0 Å². The minimum atomic E-state index is 1.02. The number of nitrogens with two attached hydrogens (primary N) is 1. The molecule has 2 heterocycles. The maximum absolute atomic E-state index is 6.60. The van der Waals surface area contributed by atoms with E-state index in [1.807, 2.05) is 29.0 Å². The summed E-state index contributed by atoms with van der Waals surface area (Å²) in [4.78, 5) is 0. The molecule has 3 heteroatoms. The molecule has 126 valence electrons. The molecular weight excluding hydrogens is 336 g/mol. The molecular formula is C23H18N2S. The molecule has 0 bridgehead atoms. The van der Waals surface area contributed by atoms with Gasteiger partial charge < -0.3 is 5.84 Å². The SMILES string of the molecule is C=C/C=c1\c(=C/C)n(N)c2c3sc4ccccc4c3c3ccccc3c12. The maximum atomic E-state index is 6.60. The Balaban J connectivity index is 2.29. The molecule has 2 nitrogen and oxygen atoms in total. The predicted octanol–water partition coefficient (Wildman–Crippen LogP) is 4.64. The zero-order valence-corrected chi connectivity index (χ0v) is 15.3. The molecule has 2 N–H and O–H groups in total. The van der Waals surface area contributed by atoms with Crippen LogP contribution in [0, 0.1) is 0 Å². The van der Waals surface area contributed by atoms with E-state index in [1.54, 1.807) is 0 Å². The number of hydrogen-bond acceptors (Lipinski definition) is 2. The predicted molar refractivity (Wildman–Crippen MR) is 117 cm³/mol. The Kier molecular flexibility index (Phi) is 3.21. The fraction of sp³-hybridized carbons (Fsp3) is 0.0435. The van der Waals surface area contributed by atoms with Crippen molar-refractivity contribution in [2.24, 2.45) is 0 Å². The monoisotopic (exact) mass is 354 g/mol. The summed E-state index contributed by atoms with van der Waals surface area (Å²) in [5, 5.41) is 8.47. The third kappa shape index (κ3) is 1.81. The Morgan fingerprint density at radius 3 is 2.31 bits per heavy atom. The Labute approximate surface area is 154 Å². The molecule has 26 heavy (non-hydrogen) atoms. The van der Waals surface area contributed by atoms with Gasteiger partial charge in [-0.25, -0.2) is 0 Å². The second-order valence-electron chi connectivity index (χ2n) is 6.43. The first-order chi connectivity index (χ1) is 12.8. The topological polar surface area (TPSA) is 30.9 Å². The highest BCUT2D eigenvalue weighted by Crippen LogP contribution is 2.42. The van der Waals surface area contributed by atoms with Gasteiger partial charge in [0.15, 0.2) is 0 Å². The number of benzene rings is 3. The number of hydrogen-bond donors (Lipinski definition) is 1. The summed E-state index contributed by atoms with van der Waals surface area (Å²) >= 11 is 1.82. The first-order valence-corrected chi connectivity index (χ1v) is 9.48. The van der Waals surface area contributed by atoms with E-state index in [0.717, 1.165) is 16.1 Å². The zero-order valence-electron chi connectivity index (χ0n) is 14.5. The van der Waals surface area contributed by atoms with Crippen molar-refractivity contribution < 1.29 is 0 Å². The van der Waals surface area contributed by atoms with E-state index < -0.39 is 0 Å². The summed E-state index contributed by atoms with van der Waals surface area (Å²) in [7, 11) is 0. The van der Waals surface area contributed by atoms with Gasteiger partial charge in [-0.15, -0.1) is 11.3 Å². The average molecular weight is 354 g/mol. The lowest BCUT2D eigenvalue weighted by molar-refractivity contribution is 1.02. The number of rotatable bonds is 1. The Bertz CT molecular complexity index is 1470. The molecule has 2 aromatic heterocycles. The second-order valence-corrected chi connectivity index (χ2v) is 7.48. The van der Waals surface area contributed by atoms with Crippen molar-refractivity contribution >= 4 is 65.3 Å². The summed E-state index contributed by atoms with van der Waals surface area (Å²) in [5.74, 6) is 6.60. The first-order valence-electron chi connectivity index (χ1n) is 8.66. The second kappa shape index (κ2) is 5.48. The lowest BCUT2D eigenvalue weighted by atomic mass is 9.99. The van der Waals surface area contributed by atoms with Crippen LogP contribution in [0.1, 0.15) is 6.92 Å². The molecule has 0 spiro atoms. The summed E-state index contributed by atoms with van der Waals surface area (Å²) in [6, 6.07) is 17.2. The van der Waals surface area contributed by atoms with Crippen LogP contribution in [0.3, 0.4) is 0 Å². The summed E-state index contributed by atoms with van der Waals surface area (Å²) in [6.45, 7) is 5.94. The van der Waals surface area contributed by atoms with Crippen LogP contribution in [0.4, 0.5) is 0 Å². The molecule has 5 aromatic rings. The number of nitrogen functional groups attached to an aromatic ring is 1. The molecule has 0 atom stereocenters. The largest absolute Gasteiger partial charge is 0.339 e. The van der Waals surface area contributed by atoms with Gasteiger partial charge in [-0.05, 0) is 23.8 Å². The van der Waals surface area contributed by atoms with Gasteiger partial charge in [0.1, 0.15) is 0 Å². The zero-order chi connectivity index (χ0) is 17.8. The van der Waals surface area contributed by atoms with Crippen molar-refractivity contribution in [3.05, 3.63) is 71.8 Å². The molecule has 0 saturated carbocycles. The van der Waals surface area contributed by atoms with E-state index >= 15 is 0 Å². The number of aromatic nitrogens is 1. The third-order valence-electron chi connectivity index (χ3n) is 5.12. The maximum Gasteiger partial charge on any atom is 0.0888 e. The van der Waals surface area contributed by atoms with Crippen LogP contribution in [0.2, 0.25) is 0 Å². The van der Waals surface area contributed by atoms with E-state index in [0.29, 0.717) is 0 Å². The molecule has 0 unspecified atom stereocenters. The summed E-state index contributed by atoms with van der Waals surface area (Å²) in [5.41, 5.74) is 1.10. The van der Waals surface area contributed by atoms with Gasteiger partial charge >= 0.3 is 0 Å². The Morgan fingerprint density at radius 1 is 0.962 bits per heavy atom. The molecule has 0 amide bonds. The highest BCUT2D eigenvalue weighted by molar-refractivity contribution is 7.26. The van der Waals surface area contributed by atoms with Gasteiger partial charge in [-0.2, -0.15) is 0 Å². The highest BCUT2D eigenvalue weighted by atomic mass is 32.1. The molecule has 0 aliphatic carbocycles. The number of nitrogens with zero attached hydrogens (tertiary/aromatic N) is 1. The molecule has 0 aliphatic rings. The van der Waals surface area contributed by atoms with E-state index in [4.69, 9.17) is 5.84 Å². The van der Waals surface area contributed by atoms with Crippen LogP contribution in [0.25, 0.3) is 54.0 Å². The molecule has 0 radical (unpaired) electrons. The number of fused-ring (bicyclic) bond motifs is 8. The minimum Gasteiger partial charge on any atom is -0.339 e. The number of allylic oxidation sites excluding steroid dienone is 1. The van der Waals surface area contributed by atoms with Crippen molar-refractivity contribution in [3.8, 4) is 0 Å². The van der Waals surface area contributed by atoms with E-state index in [-0.39, 0.29) is 0 Å². The van der Waals surface area contributed by atoms with Gasteiger partial charge in [0.25, 0.3) is 0 Å². The molecule has 0 saturated heterocycles. The van der Waals surface area contributed by atoms with Gasteiger partial charge in [0, 0.05) is 26.1 Å². The summed E-state index contributed by atoms with van der Waals surface area (Å²) in [6.07, 6.45) is 5.97. The third-order valence-corrected chi connectivity index (χ3v) is 6.29. The quantitative estimate of drug-likeness (QED) is 0.437. The van der Waals surface area contributed by atoms with E-state index in [1.165, 1.54) is 36.3 Å². The molecule has 0 fully saturated rings. The molecule has 0 aliphatic heterocycles. The summed E-state index contributed by atoms with van der Waals surface area (Å²) < 4.78 is 4.38. The van der Waals surface area contributed by atoms with Crippen molar-refractivity contribution in [2.45, 2.75) is 6.92 Å². The van der Waals surface area contributed by atoms with Crippen LogP contribution in [-0.4, -0.2) is 4.68 Å². The van der Waals surface area contributed by atoms with Gasteiger partial charge in [-0.1, -0.05) is 67.3 Å². The van der Waals surface area contributed by atoms with Crippen LogP contribution in [0.15, 0.2) is 61.2 Å². The smallest absolute Gasteiger partial charge is 0.0888 e. The van der Waals surface area contributed by atoms with Crippen LogP contribution >= 0.6 is 11.3 Å². The van der Waals surface area contributed by atoms with Gasteiger partial charge in [0.2, 0.25) is 0 Å². The van der Waals surface area contributed by atoms with E-state index in [9.17, 15) is 0 Å². The lowest BCUT2D eigenvalue weighted by Gasteiger charge is -2.05.